The van der Waals surface area contributed by atoms with Crippen molar-refractivity contribution >= 4 is 23.7 Å². The smallest absolute Gasteiger partial charge is 0.231 e. The maximum Gasteiger partial charge on any atom is 0.231 e. The van der Waals surface area contributed by atoms with Crippen LogP contribution in [0.1, 0.15) is 13.3 Å². The van der Waals surface area contributed by atoms with Gasteiger partial charge in [0, 0.05) is 25.9 Å². The Morgan fingerprint density at radius 2 is 2.06 bits per heavy atom. The van der Waals surface area contributed by atoms with Gasteiger partial charge in [-0.3, -0.25) is 0 Å². The summed E-state index contributed by atoms with van der Waals surface area (Å²) in [5.41, 5.74) is 0. The average molecular weight is 269 g/mol. The van der Waals surface area contributed by atoms with E-state index in [0.717, 1.165) is 49.6 Å². The number of nitrogens with one attached hydrogen (secondary N) is 1. The maximum absolute atomic E-state index is 5.34. The molecule has 0 radical (unpaired) electrons. The maximum atomic E-state index is 5.34. The first-order valence-corrected chi connectivity index (χ1v) is 7.21. The van der Waals surface area contributed by atoms with Crippen molar-refractivity contribution in [3.8, 4) is 0 Å². The summed E-state index contributed by atoms with van der Waals surface area (Å²) in [5, 5.41) is 3.78. The molecule has 1 fully saturated rings. The fourth-order valence-electron chi connectivity index (χ4n) is 1.62. The fraction of sp³-hybridized carbons (Fsp3) is 0.727. The zero-order chi connectivity index (χ0) is 12.8. The van der Waals surface area contributed by atoms with Gasteiger partial charge in [0.15, 0.2) is 5.16 Å². The Hall–Kier alpha value is -1.08. The number of nitrogens with zero attached hydrogens (tertiary/aromatic N) is 4. The van der Waals surface area contributed by atoms with E-state index in [2.05, 4.69) is 32.1 Å². The molecule has 0 aromatic carbocycles. The highest BCUT2D eigenvalue weighted by Crippen LogP contribution is 2.19. The lowest BCUT2D eigenvalue weighted by molar-refractivity contribution is 0.122. The Morgan fingerprint density at radius 3 is 2.72 bits per heavy atom. The summed E-state index contributed by atoms with van der Waals surface area (Å²) in [6.45, 7) is 5.29. The zero-order valence-electron chi connectivity index (χ0n) is 10.8. The molecule has 1 aliphatic rings. The highest BCUT2D eigenvalue weighted by molar-refractivity contribution is 7.99. The summed E-state index contributed by atoms with van der Waals surface area (Å²) in [6, 6.07) is 0. The molecule has 2 rings (SSSR count). The van der Waals surface area contributed by atoms with Gasteiger partial charge in [-0.2, -0.15) is 15.0 Å². The monoisotopic (exact) mass is 269 g/mol. The molecule has 1 aromatic rings. The van der Waals surface area contributed by atoms with Crippen LogP contribution in [0.25, 0.3) is 0 Å². The van der Waals surface area contributed by atoms with Crippen LogP contribution in [-0.4, -0.2) is 54.1 Å². The minimum Gasteiger partial charge on any atom is -0.378 e. The molecule has 0 bridgehead atoms. The number of morpholine rings is 1. The molecule has 0 saturated carbocycles. The summed E-state index contributed by atoms with van der Waals surface area (Å²) in [4.78, 5) is 15.4. The molecule has 1 aliphatic heterocycles. The van der Waals surface area contributed by atoms with E-state index in [9.17, 15) is 0 Å². The van der Waals surface area contributed by atoms with Crippen LogP contribution < -0.4 is 10.2 Å². The first-order valence-electron chi connectivity index (χ1n) is 6.22. The molecule has 2 heterocycles. The van der Waals surface area contributed by atoms with Gasteiger partial charge in [-0.05, 0) is 6.42 Å². The zero-order valence-corrected chi connectivity index (χ0v) is 11.7. The Labute approximate surface area is 112 Å². The van der Waals surface area contributed by atoms with E-state index in [-0.39, 0.29) is 0 Å². The van der Waals surface area contributed by atoms with E-state index >= 15 is 0 Å². The molecule has 7 heteroatoms. The minimum atomic E-state index is 0.630. The Morgan fingerprint density at radius 1 is 1.28 bits per heavy atom. The van der Waals surface area contributed by atoms with Crippen molar-refractivity contribution in [2.75, 3.05) is 49.3 Å². The second kappa shape index (κ2) is 6.75. The van der Waals surface area contributed by atoms with Crippen molar-refractivity contribution in [3.05, 3.63) is 0 Å². The number of ether oxygens (including phenoxy) is 1. The number of aromatic nitrogens is 3. The topological polar surface area (TPSA) is 63.2 Å². The van der Waals surface area contributed by atoms with Gasteiger partial charge < -0.3 is 15.0 Å². The standard InChI is InChI=1S/C11H19N5OS/c1-3-8-18-11-14-9(12-2)13-10(15-11)16-4-6-17-7-5-16/h3-8H2,1-2H3,(H,12,13,14,15). The third-order valence-electron chi connectivity index (χ3n) is 2.56. The highest BCUT2D eigenvalue weighted by atomic mass is 32.2. The second-order valence-corrected chi connectivity index (χ2v) is 5.00. The quantitative estimate of drug-likeness (QED) is 0.807. The lowest BCUT2D eigenvalue weighted by atomic mass is 10.4. The van der Waals surface area contributed by atoms with E-state index in [4.69, 9.17) is 4.74 Å². The second-order valence-electron chi connectivity index (χ2n) is 3.94. The van der Waals surface area contributed by atoms with Crippen molar-refractivity contribution in [2.45, 2.75) is 18.5 Å². The van der Waals surface area contributed by atoms with Crippen LogP contribution >= 0.6 is 11.8 Å². The molecule has 0 amide bonds. The molecule has 18 heavy (non-hydrogen) atoms. The van der Waals surface area contributed by atoms with Crippen LogP contribution in [0.4, 0.5) is 11.9 Å². The normalized spacial score (nSPS) is 15.8. The summed E-state index contributed by atoms with van der Waals surface area (Å²) in [6.07, 6.45) is 1.11. The van der Waals surface area contributed by atoms with E-state index in [1.165, 1.54) is 0 Å². The summed E-state index contributed by atoms with van der Waals surface area (Å²) in [7, 11) is 1.83. The van der Waals surface area contributed by atoms with Crippen LogP contribution in [0.15, 0.2) is 5.16 Å². The highest BCUT2D eigenvalue weighted by Gasteiger charge is 2.16. The number of rotatable bonds is 5. The third-order valence-corrected chi connectivity index (χ3v) is 3.61. The molecule has 6 nitrogen and oxygen atoms in total. The van der Waals surface area contributed by atoms with E-state index < -0.39 is 0 Å². The molecule has 0 spiro atoms. The molecule has 0 unspecified atom stereocenters. The average Bonchev–Trinajstić information content (AvgIpc) is 2.45. The lowest BCUT2D eigenvalue weighted by Gasteiger charge is -2.26. The van der Waals surface area contributed by atoms with Crippen molar-refractivity contribution in [1.82, 2.24) is 15.0 Å². The van der Waals surface area contributed by atoms with Crippen molar-refractivity contribution in [1.29, 1.82) is 0 Å². The largest absolute Gasteiger partial charge is 0.378 e. The van der Waals surface area contributed by atoms with Gasteiger partial charge in [0.2, 0.25) is 11.9 Å². The van der Waals surface area contributed by atoms with Gasteiger partial charge in [-0.15, -0.1) is 0 Å². The van der Waals surface area contributed by atoms with Gasteiger partial charge >= 0.3 is 0 Å². The minimum absolute atomic E-state index is 0.630. The number of hydrogen-bond acceptors (Lipinski definition) is 7. The van der Waals surface area contributed by atoms with Gasteiger partial charge in [0.05, 0.1) is 13.2 Å². The summed E-state index contributed by atoms with van der Waals surface area (Å²) >= 11 is 1.67. The van der Waals surface area contributed by atoms with Crippen molar-refractivity contribution < 1.29 is 4.74 Å². The first kappa shape index (κ1) is 13.4. The van der Waals surface area contributed by atoms with Crippen LogP contribution in [0.2, 0.25) is 0 Å². The van der Waals surface area contributed by atoms with Crippen LogP contribution in [0.3, 0.4) is 0 Å². The van der Waals surface area contributed by atoms with Gasteiger partial charge in [0.1, 0.15) is 0 Å². The number of anilines is 2. The Kier molecular flexibility index (Phi) is 5.00. The molecule has 1 aromatic heterocycles. The lowest BCUT2D eigenvalue weighted by Crippen LogP contribution is -2.37. The molecule has 0 atom stereocenters. The van der Waals surface area contributed by atoms with Gasteiger partial charge in [0.25, 0.3) is 0 Å². The van der Waals surface area contributed by atoms with Gasteiger partial charge in [-0.25, -0.2) is 0 Å². The first-order chi connectivity index (χ1) is 8.83. The predicted octanol–water partition coefficient (Wildman–Crippen LogP) is 1.25. The molecule has 0 aliphatic carbocycles. The van der Waals surface area contributed by atoms with Crippen LogP contribution in [0, 0.1) is 0 Å². The number of thioether (sulfide) groups is 1. The van der Waals surface area contributed by atoms with Gasteiger partial charge in [-0.1, -0.05) is 18.7 Å². The third kappa shape index (κ3) is 3.46. The van der Waals surface area contributed by atoms with Crippen molar-refractivity contribution in [2.24, 2.45) is 0 Å². The van der Waals surface area contributed by atoms with E-state index in [1.54, 1.807) is 11.8 Å². The van der Waals surface area contributed by atoms with Crippen LogP contribution in [0.5, 0.6) is 0 Å². The summed E-state index contributed by atoms with van der Waals surface area (Å²) in [5.74, 6) is 2.40. The Balaban J connectivity index is 2.16. The molecule has 100 valence electrons. The summed E-state index contributed by atoms with van der Waals surface area (Å²) < 4.78 is 5.34. The molecular weight excluding hydrogens is 250 g/mol. The van der Waals surface area contributed by atoms with E-state index in [0.29, 0.717) is 5.95 Å². The Bertz CT molecular complexity index is 384. The molecular formula is C11H19N5OS. The fourth-order valence-corrected chi connectivity index (χ4v) is 2.30. The number of hydrogen-bond donors (Lipinski definition) is 1. The SMILES string of the molecule is CCCSc1nc(NC)nc(N2CCOCC2)n1. The van der Waals surface area contributed by atoms with E-state index in [1.807, 2.05) is 7.05 Å². The molecule has 1 N–H and O–H groups in total. The predicted molar refractivity (Wildman–Crippen MR) is 73.4 cm³/mol. The molecule has 1 saturated heterocycles. The van der Waals surface area contributed by atoms with Crippen LogP contribution in [-0.2, 0) is 4.74 Å². The van der Waals surface area contributed by atoms with Crippen molar-refractivity contribution in [3.63, 3.8) is 0 Å².